The number of halogens is 1. The van der Waals surface area contributed by atoms with Crippen molar-refractivity contribution in [2.75, 3.05) is 18.5 Å². The molecule has 2 heterocycles. The van der Waals surface area contributed by atoms with E-state index < -0.39 is 6.04 Å². The van der Waals surface area contributed by atoms with Crippen LogP contribution in [0, 0.1) is 0 Å². The highest BCUT2D eigenvalue weighted by atomic mass is 79.9. The number of benzene rings is 1. The van der Waals surface area contributed by atoms with Crippen LogP contribution in [0.2, 0.25) is 0 Å². The normalized spacial score (nSPS) is 16.1. The van der Waals surface area contributed by atoms with Gasteiger partial charge in [-0.25, -0.2) is 9.48 Å². The second kappa shape index (κ2) is 7.90. The number of esters is 1. The molecule has 0 fully saturated rings. The van der Waals surface area contributed by atoms with Crippen LogP contribution >= 0.6 is 15.9 Å². The van der Waals surface area contributed by atoms with E-state index in [9.17, 15) is 4.79 Å². The molecule has 8 heteroatoms. The van der Waals surface area contributed by atoms with Gasteiger partial charge in [0.05, 0.1) is 18.8 Å². The van der Waals surface area contributed by atoms with E-state index in [4.69, 9.17) is 9.47 Å². The minimum Gasteiger partial charge on any atom is -0.494 e. The van der Waals surface area contributed by atoms with Gasteiger partial charge in [-0.05, 0) is 38.5 Å². The molecule has 0 radical (unpaired) electrons. The first kappa shape index (κ1) is 18.4. The molecule has 1 N–H and O–H groups in total. The Kier molecular flexibility index (Phi) is 5.61. The summed E-state index contributed by atoms with van der Waals surface area (Å²) in [5.74, 6) is 0.894. The Morgan fingerprint density at radius 2 is 2.19 bits per heavy atom. The Labute approximate surface area is 160 Å². The summed E-state index contributed by atoms with van der Waals surface area (Å²) >= 11 is 3.51. The lowest BCUT2D eigenvalue weighted by Crippen LogP contribution is -2.30. The van der Waals surface area contributed by atoms with Gasteiger partial charge in [-0.15, -0.1) is 0 Å². The predicted molar refractivity (Wildman–Crippen MR) is 101 cm³/mol. The number of anilines is 1. The van der Waals surface area contributed by atoms with E-state index >= 15 is 0 Å². The van der Waals surface area contributed by atoms with Gasteiger partial charge in [-0.1, -0.05) is 22.9 Å². The highest BCUT2D eigenvalue weighted by Gasteiger charge is 2.36. The molecule has 0 bridgehead atoms. The predicted octanol–water partition coefficient (Wildman–Crippen LogP) is 3.68. The van der Waals surface area contributed by atoms with Crippen LogP contribution in [0.3, 0.4) is 0 Å². The molecular formula is C18H21BrN4O3. The Balaban J connectivity index is 2.15. The third-order valence-corrected chi connectivity index (χ3v) is 4.51. The molecule has 1 aromatic heterocycles. The lowest BCUT2D eigenvalue weighted by molar-refractivity contribution is -0.139. The Morgan fingerprint density at radius 1 is 1.38 bits per heavy atom. The number of fused-ring (bicyclic) bond motifs is 1. The number of aromatic nitrogens is 3. The van der Waals surface area contributed by atoms with Crippen LogP contribution in [0.5, 0.6) is 5.75 Å². The van der Waals surface area contributed by atoms with Crippen molar-refractivity contribution in [3.63, 3.8) is 0 Å². The van der Waals surface area contributed by atoms with Crippen molar-refractivity contribution in [2.45, 2.75) is 33.2 Å². The van der Waals surface area contributed by atoms with Crippen LogP contribution in [0.25, 0.3) is 0 Å². The van der Waals surface area contributed by atoms with Crippen molar-refractivity contribution >= 4 is 27.8 Å². The first-order valence-electron chi connectivity index (χ1n) is 8.53. The summed E-state index contributed by atoms with van der Waals surface area (Å²) in [4.78, 5) is 17.0. The van der Waals surface area contributed by atoms with E-state index in [-0.39, 0.29) is 5.97 Å². The van der Waals surface area contributed by atoms with Crippen LogP contribution in [0.4, 0.5) is 5.95 Å². The van der Waals surface area contributed by atoms with Crippen molar-refractivity contribution < 1.29 is 14.3 Å². The molecule has 0 saturated heterocycles. The van der Waals surface area contributed by atoms with Gasteiger partial charge in [0, 0.05) is 15.7 Å². The SMILES string of the molecule is CCCOC(=O)C1=C(C)Nc2ncnn2C1c1cc(Br)ccc1OCC. The fourth-order valence-electron chi connectivity index (χ4n) is 2.94. The van der Waals surface area contributed by atoms with Gasteiger partial charge in [-0.3, -0.25) is 0 Å². The summed E-state index contributed by atoms with van der Waals surface area (Å²) in [6.07, 6.45) is 2.22. The molecule has 138 valence electrons. The topological polar surface area (TPSA) is 78.3 Å². The molecule has 1 aliphatic rings. The summed E-state index contributed by atoms with van der Waals surface area (Å²) in [7, 11) is 0. The number of rotatable bonds is 6. The molecule has 0 saturated carbocycles. The molecular weight excluding hydrogens is 400 g/mol. The van der Waals surface area contributed by atoms with Crippen LogP contribution in [-0.2, 0) is 9.53 Å². The van der Waals surface area contributed by atoms with Gasteiger partial charge in [0.2, 0.25) is 5.95 Å². The first-order valence-corrected chi connectivity index (χ1v) is 9.32. The van der Waals surface area contributed by atoms with Crippen molar-refractivity contribution in [1.82, 2.24) is 14.8 Å². The molecule has 2 aromatic rings. The summed E-state index contributed by atoms with van der Waals surface area (Å²) in [6, 6.07) is 5.24. The van der Waals surface area contributed by atoms with E-state index in [0.29, 0.717) is 36.2 Å². The molecule has 1 atom stereocenters. The molecule has 0 amide bonds. The maximum absolute atomic E-state index is 12.8. The maximum atomic E-state index is 12.8. The zero-order valence-corrected chi connectivity index (χ0v) is 16.5. The molecule has 3 rings (SSSR count). The van der Waals surface area contributed by atoms with Crippen molar-refractivity contribution in [3.05, 3.63) is 45.8 Å². The zero-order chi connectivity index (χ0) is 18.7. The van der Waals surface area contributed by atoms with Crippen molar-refractivity contribution in [3.8, 4) is 5.75 Å². The van der Waals surface area contributed by atoms with Crippen LogP contribution in [0.15, 0.2) is 40.3 Å². The van der Waals surface area contributed by atoms with E-state index in [1.807, 2.05) is 39.0 Å². The number of hydrogen-bond acceptors (Lipinski definition) is 6. The smallest absolute Gasteiger partial charge is 0.338 e. The number of carbonyl (C=O) groups excluding carboxylic acids is 1. The standard InChI is InChI=1S/C18H21BrN4O3/c1-4-8-26-17(24)15-11(3)22-18-20-10-21-23(18)16(15)13-9-12(19)6-7-14(13)25-5-2/h6-7,9-10,16H,4-5,8H2,1-3H3,(H,20,21,22). The number of nitrogens with zero attached hydrogens (tertiary/aromatic N) is 3. The molecule has 7 nitrogen and oxygen atoms in total. The number of allylic oxidation sites excluding steroid dienone is 1. The Hall–Kier alpha value is -2.35. The third-order valence-electron chi connectivity index (χ3n) is 4.02. The lowest BCUT2D eigenvalue weighted by atomic mass is 9.95. The number of hydrogen-bond donors (Lipinski definition) is 1. The van der Waals surface area contributed by atoms with Gasteiger partial charge >= 0.3 is 5.97 Å². The third kappa shape index (κ3) is 3.46. The summed E-state index contributed by atoms with van der Waals surface area (Å²) < 4.78 is 13.8. The number of ether oxygens (including phenoxy) is 2. The second-order valence-electron chi connectivity index (χ2n) is 5.85. The summed E-state index contributed by atoms with van der Waals surface area (Å²) in [5, 5.41) is 7.45. The van der Waals surface area contributed by atoms with Gasteiger partial charge in [-0.2, -0.15) is 10.1 Å². The van der Waals surface area contributed by atoms with Crippen LogP contribution in [-0.4, -0.2) is 33.9 Å². The average Bonchev–Trinajstić information content (AvgIpc) is 3.08. The molecule has 26 heavy (non-hydrogen) atoms. The van der Waals surface area contributed by atoms with Crippen molar-refractivity contribution in [1.29, 1.82) is 0 Å². The largest absolute Gasteiger partial charge is 0.494 e. The highest BCUT2D eigenvalue weighted by Crippen LogP contribution is 2.40. The van der Waals surface area contributed by atoms with Gasteiger partial charge in [0.15, 0.2) is 0 Å². The van der Waals surface area contributed by atoms with E-state index in [1.54, 1.807) is 4.68 Å². The number of nitrogens with one attached hydrogen (secondary N) is 1. The quantitative estimate of drug-likeness (QED) is 0.717. The minimum atomic E-state index is -0.489. The van der Waals surface area contributed by atoms with E-state index in [2.05, 4.69) is 31.3 Å². The van der Waals surface area contributed by atoms with Crippen LogP contribution in [0.1, 0.15) is 38.8 Å². The van der Waals surface area contributed by atoms with Gasteiger partial charge in [0.1, 0.15) is 18.1 Å². The maximum Gasteiger partial charge on any atom is 0.338 e. The fourth-order valence-corrected chi connectivity index (χ4v) is 3.31. The van der Waals surface area contributed by atoms with E-state index in [0.717, 1.165) is 16.5 Å². The minimum absolute atomic E-state index is 0.364. The summed E-state index contributed by atoms with van der Waals surface area (Å²) in [5.41, 5.74) is 2.01. The average molecular weight is 421 g/mol. The van der Waals surface area contributed by atoms with Gasteiger partial charge in [0.25, 0.3) is 0 Å². The number of carbonyl (C=O) groups is 1. The first-order chi connectivity index (χ1) is 12.6. The second-order valence-corrected chi connectivity index (χ2v) is 6.76. The fraction of sp³-hybridized carbons (Fsp3) is 0.389. The summed E-state index contributed by atoms with van der Waals surface area (Å²) in [6.45, 7) is 6.60. The molecule has 0 aliphatic carbocycles. The van der Waals surface area contributed by atoms with E-state index in [1.165, 1.54) is 6.33 Å². The molecule has 1 aliphatic heterocycles. The molecule has 1 aromatic carbocycles. The van der Waals surface area contributed by atoms with Gasteiger partial charge < -0.3 is 14.8 Å². The van der Waals surface area contributed by atoms with Crippen molar-refractivity contribution in [2.24, 2.45) is 0 Å². The lowest BCUT2D eigenvalue weighted by Gasteiger charge is -2.29. The Bertz CT molecular complexity index is 847. The Morgan fingerprint density at radius 3 is 2.92 bits per heavy atom. The monoisotopic (exact) mass is 420 g/mol. The molecule has 1 unspecified atom stereocenters. The van der Waals surface area contributed by atoms with Crippen LogP contribution < -0.4 is 10.1 Å². The zero-order valence-electron chi connectivity index (χ0n) is 15.0. The highest BCUT2D eigenvalue weighted by molar-refractivity contribution is 9.10. The molecule has 0 spiro atoms.